The van der Waals surface area contributed by atoms with Crippen LogP contribution >= 0.6 is 0 Å². The number of anilines is 2. The van der Waals surface area contributed by atoms with Gasteiger partial charge in [0.25, 0.3) is 0 Å². The molecule has 106 valence electrons. The molecule has 0 unspecified atom stereocenters. The Kier molecular flexibility index (Phi) is 3.44. The van der Waals surface area contributed by atoms with Crippen LogP contribution in [0.3, 0.4) is 0 Å². The van der Waals surface area contributed by atoms with Crippen molar-refractivity contribution < 1.29 is 0 Å². The van der Waals surface area contributed by atoms with Crippen LogP contribution in [0, 0.1) is 0 Å². The van der Waals surface area contributed by atoms with Crippen molar-refractivity contribution >= 4 is 22.7 Å². The molecular formula is C15H21N5. The van der Waals surface area contributed by atoms with Crippen molar-refractivity contribution in [2.45, 2.75) is 19.9 Å². The molecule has 1 saturated heterocycles. The van der Waals surface area contributed by atoms with E-state index in [0.717, 1.165) is 43.0 Å². The molecule has 0 spiro atoms. The Morgan fingerprint density at radius 2 is 1.75 bits per heavy atom. The summed E-state index contributed by atoms with van der Waals surface area (Å²) in [7, 11) is 0. The molecule has 1 aromatic heterocycles. The fourth-order valence-corrected chi connectivity index (χ4v) is 2.67. The fourth-order valence-electron chi connectivity index (χ4n) is 2.67. The van der Waals surface area contributed by atoms with Crippen molar-refractivity contribution in [1.29, 1.82) is 0 Å². The summed E-state index contributed by atoms with van der Waals surface area (Å²) in [6, 6.07) is 8.49. The number of fused-ring (bicyclic) bond motifs is 1. The van der Waals surface area contributed by atoms with Gasteiger partial charge in [-0.2, -0.15) is 4.98 Å². The Labute approximate surface area is 119 Å². The van der Waals surface area contributed by atoms with E-state index in [1.807, 2.05) is 24.3 Å². The first-order valence-corrected chi connectivity index (χ1v) is 7.16. The van der Waals surface area contributed by atoms with Crippen LogP contribution in [0.5, 0.6) is 0 Å². The Hall–Kier alpha value is -1.88. The third-order valence-electron chi connectivity index (χ3n) is 3.95. The molecule has 1 fully saturated rings. The number of benzene rings is 1. The van der Waals surface area contributed by atoms with Gasteiger partial charge in [0.1, 0.15) is 5.82 Å². The minimum Gasteiger partial charge on any atom is -0.383 e. The van der Waals surface area contributed by atoms with Gasteiger partial charge >= 0.3 is 0 Å². The van der Waals surface area contributed by atoms with Gasteiger partial charge in [-0.05, 0) is 26.0 Å². The number of piperazine rings is 1. The van der Waals surface area contributed by atoms with Gasteiger partial charge < -0.3 is 10.6 Å². The number of nitrogens with two attached hydrogens (primary N) is 1. The molecule has 3 rings (SSSR count). The summed E-state index contributed by atoms with van der Waals surface area (Å²) < 4.78 is 0. The van der Waals surface area contributed by atoms with Crippen LogP contribution in [-0.2, 0) is 0 Å². The predicted molar refractivity (Wildman–Crippen MR) is 82.9 cm³/mol. The first kappa shape index (κ1) is 13.1. The Bertz CT molecular complexity index is 602. The quantitative estimate of drug-likeness (QED) is 0.901. The van der Waals surface area contributed by atoms with Crippen molar-refractivity contribution in [3.8, 4) is 0 Å². The van der Waals surface area contributed by atoms with Crippen LogP contribution in [0.25, 0.3) is 10.9 Å². The van der Waals surface area contributed by atoms with Crippen molar-refractivity contribution in [2.75, 3.05) is 36.8 Å². The molecule has 0 bridgehead atoms. The van der Waals surface area contributed by atoms with Gasteiger partial charge in [-0.15, -0.1) is 0 Å². The zero-order valence-electron chi connectivity index (χ0n) is 12.1. The molecule has 0 aliphatic carbocycles. The first-order valence-electron chi connectivity index (χ1n) is 7.16. The van der Waals surface area contributed by atoms with Gasteiger partial charge in [0.2, 0.25) is 5.95 Å². The molecule has 1 aromatic carbocycles. The highest BCUT2D eigenvalue weighted by atomic mass is 15.3. The molecule has 5 nitrogen and oxygen atoms in total. The molecule has 5 heteroatoms. The lowest BCUT2D eigenvalue weighted by Gasteiger charge is -2.37. The zero-order valence-corrected chi connectivity index (χ0v) is 12.1. The van der Waals surface area contributed by atoms with Crippen LogP contribution in [0.15, 0.2) is 24.3 Å². The van der Waals surface area contributed by atoms with Crippen LogP contribution in [0.1, 0.15) is 13.8 Å². The maximum Gasteiger partial charge on any atom is 0.227 e. The molecule has 1 aliphatic rings. The Morgan fingerprint density at radius 3 is 2.45 bits per heavy atom. The van der Waals surface area contributed by atoms with E-state index >= 15 is 0 Å². The topological polar surface area (TPSA) is 58.3 Å². The molecule has 1 aliphatic heterocycles. The van der Waals surface area contributed by atoms with Gasteiger partial charge in [-0.3, -0.25) is 4.90 Å². The lowest BCUT2D eigenvalue weighted by molar-refractivity contribution is 0.208. The van der Waals surface area contributed by atoms with Crippen molar-refractivity contribution in [1.82, 2.24) is 14.9 Å². The summed E-state index contributed by atoms with van der Waals surface area (Å²) in [5, 5.41) is 0.928. The van der Waals surface area contributed by atoms with E-state index < -0.39 is 0 Å². The molecule has 2 heterocycles. The van der Waals surface area contributed by atoms with Crippen LogP contribution in [0.2, 0.25) is 0 Å². The smallest absolute Gasteiger partial charge is 0.227 e. The average molecular weight is 271 g/mol. The lowest BCUT2D eigenvalue weighted by atomic mass is 10.2. The van der Waals surface area contributed by atoms with E-state index in [4.69, 9.17) is 5.73 Å². The fraction of sp³-hybridized carbons (Fsp3) is 0.467. The van der Waals surface area contributed by atoms with Crippen molar-refractivity contribution in [3.05, 3.63) is 24.3 Å². The maximum absolute atomic E-state index is 6.05. The summed E-state index contributed by atoms with van der Waals surface area (Å²) in [4.78, 5) is 13.8. The van der Waals surface area contributed by atoms with E-state index in [9.17, 15) is 0 Å². The first-order chi connectivity index (χ1) is 9.65. The largest absolute Gasteiger partial charge is 0.383 e. The van der Waals surface area contributed by atoms with E-state index in [-0.39, 0.29) is 0 Å². The number of hydrogen-bond donors (Lipinski definition) is 1. The van der Waals surface area contributed by atoms with Gasteiger partial charge in [0.15, 0.2) is 0 Å². The number of aromatic nitrogens is 2. The SMILES string of the molecule is CC(C)N1CCN(c2nc(N)c3ccccc3n2)CC1. The van der Waals surface area contributed by atoms with E-state index in [0.29, 0.717) is 11.9 Å². The summed E-state index contributed by atoms with van der Waals surface area (Å²) in [5.41, 5.74) is 6.97. The number of nitrogens with zero attached hydrogens (tertiary/aromatic N) is 4. The third-order valence-corrected chi connectivity index (χ3v) is 3.95. The van der Waals surface area contributed by atoms with Gasteiger partial charge in [-0.25, -0.2) is 4.98 Å². The van der Waals surface area contributed by atoms with E-state index in [1.54, 1.807) is 0 Å². The zero-order chi connectivity index (χ0) is 14.1. The summed E-state index contributed by atoms with van der Waals surface area (Å²) in [6.07, 6.45) is 0. The van der Waals surface area contributed by atoms with Gasteiger partial charge in [-0.1, -0.05) is 12.1 Å². The van der Waals surface area contributed by atoms with Crippen LogP contribution in [-0.4, -0.2) is 47.1 Å². The van der Waals surface area contributed by atoms with Crippen LogP contribution in [0.4, 0.5) is 11.8 Å². The molecule has 0 atom stereocenters. The molecular weight excluding hydrogens is 250 g/mol. The summed E-state index contributed by atoms with van der Waals surface area (Å²) in [6.45, 7) is 8.48. The number of para-hydroxylation sites is 1. The predicted octanol–water partition coefficient (Wildman–Crippen LogP) is 1.74. The average Bonchev–Trinajstić information content (AvgIpc) is 2.47. The maximum atomic E-state index is 6.05. The Morgan fingerprint density at radius 1 is 1.05 bits per heavy atom. The second kappa shape index (κ2) is 5.25. The van der Waals surface area contributed by atoms with Crippen molar-refractivity contribution in [2.24, 2.45) is 0 Å². The molecule has 0 amide bonds. The van der Waals surface area contributed by atoms with E-state index in [1.165, 1.54) is 0 Å². The highest BCUT2D eigenvalue weighted by Gasteiger charge is 2.21. The normalized spacial score (nSPS) is 17.1. The molecule has 2 N–H and O–H groups in total. The summed E-state index contributed by atoms with van der Waals surface area (Å²) >= 11 is 0. The molecule has 0 radical (unpaired) electrons. The van der Waals surface area contributed by atoms with Crippen molar-refractivity contribution in [3.63, 3.8) is 0 Å². The summed E-state index contributed by atoms with van der Waals surface area (Å²) in [5.74, 6) is 1.32. The lowest BCUT2D eigenvalue weighted by Crippen LogP contribution is -2.49. The monoisotopic (exact) mass is 271 g/mol. The van der Waals surface area contributed by atoms with E-state index in [2.05, 4.69) is 33.6 Å². The molecule has 0 saturated carbocycles. The minimum absolute atomic E-state index is 0.567. The highest BCUT2D eigenvalue weighted by Crippen LogP contribution is 2.21. The van der Waals surface area contributed by atoms with Gasteiger partial charge in [0.05, 0.1) is 5.52 Å². The second-order valence-corrected chi connectivity index (χ2v) is 5.54. The standard InChI is InChI=1S/C15H21N5/c1-11(2)19-7-9-20(10-8-19)15-17-13-6-4-3-5-12(13)14(16)18-15/h3-6,11H,7-10H2,1-2H3,(H2,16,17,18). The number of nitrogen functional groups attached to an aromatic ring is 1. The molecule has 2 aromatic rings. The van der Waals surface area contributed by atoms with Crippen LogP contribution < -0.4 is 10.6 Å². The molecule has 20 heavy (non-hydrogen) atoms. The number of hydrogen-bond acceptors (Lipinski definition) is 5. The second-order valence-electron chi connectivity index (χ2n) is 5.54. The third kappa shape index (κ3) is 2.41. The minimum atomic E-state index is 0.567. The highest BCUT2D eigenvalue weighted by molar-refractivity contribution is 5.88. The Balaban J connectivity index is 1.85. The number of rotatable bonds is 2. The van der Waals surface area contributed by atoms with Gasteiger partial charge in [0, 0.05) is 37.6 Å².